The maximum absolute atomic E-state index is 13.8. The van der Waals surface area contributed by atoms with E-state index in [0.717, 1.165) is 100 Å². The zero-order valence-corrected chi connectivity index (χ0v) is 64.0. The quantitative estimate of drug-likeness (QED) is 0.0607. The second kappa shape index (κ2) is 44.0. The Kier molecular flexibility index (Phi) is 38.4. The average molecular weight is 1500 g/mol. The Morgan fingerprint density at radius 3 is 1.04 bits per heavy atom. The molecule has 2 bridgehead atoms. The number of nitrogens with two attached hydrogens (primary N) is 12. The maximum atomic E-state index is 13.8. The number of rotatable bonds is 7. The van der Waals surface area contributed by atoms with E-state index in [1.807, 2.05) is 6.92 Å². The Morgan fingerprint density at radius 1 is 0.406 bits per heavy atom. The van der Waals surface area contributed by atoms with Crippen molar-refractivity contribution in [2.24, 2.45) is 92.7 Å². The average Bonchev–Trinajstić information content (AvgIpc) is 1.19. The highest BCUT2D eigenvalue weighted by Crippen LogP contribution is 2.57. The van der Waals surface area contributed by atoms with Crippen molar-refractivity contribution in [3.8, 4) is 22.3 Å². The van der Waals surface area contributed by atoms with Gasteiger partial charge >= 0.3 is 12.4 Å². The summed E-state index contributed by atoms with van der Waals surface area (Å²) in [6.07, 6.45) is 32.7. The molecule has 0 aromatic heterocycles. The monoisotopic (exact) mass is 1500 g/mol. The summed E-state index contributed by atoms with van der Waals surface area (Å²) in [6.45, 7) is 6.78. The molecule has 0 heterocycles. The molecule has 22 heteroatoms. The lowest BCUT2D eigenvalue weighted by atomic mass is 9.58. The van der Waals surface area contributed by atoms with Crippen LogP contribution in [0.25, 0.3) is 22.3 Å². The van der Waals surface area contributed by atoms with Crippen molar-refractivity contribution < 1.29 is 26.3 Å². The van der Waals surface area contributed by atoms with Crippen LogP contribution >= 0.6 is 46.4 Å². The van der Waals surface area contributed by atoms with Gasteiger partial charge in [-0.1, -0.05) is 137 Å². The molecule has 0 radical (unpaired) electrons. The normalized spacial score (nSPS) is 28.0. The van der Waals surface area contributed by atoms with Crippen molar-refractivity contribution >= 4 is 69.2 Å². The molecule has 0 spiro atoms. The zero-order valence-electron chi connectivity index (χ0n) is 60.9. The summed E-state index contributed by atoms with van der Waals surface area (Å²) in [5, 5.41) is 1.69. The Morgan fingerprint density at radius 2 is 0.743 bits per heavy atom. The molecular formula is C79H128Cl4F6N12. The van der Waals surface area contributed by atoms with Crippen LogP contribution in [-0.2, 0) is 6.18 Å². The van der Waals surface area contributed by atoms with E-state index < -0.39 is 23.3 Å². The van der Waals surface area contributed by atoms with Crippen molar-refractivity contribution in [2.45, 2.75) is 288 Å². The molecule has 4 aromatic rings. The highest BCUT2D eigenvalue weighted by Gasteiger charge is 2.60. The summed E-state index contributed by atoms with van der Waals surface area (Å²) in [7, 11) is 0. The van der Waals surface area contributed by atoms with Gasteiger partial charge in [-0.25, -0.2) is 0 Å². The minimum absolute atomic E-state index is 0.0866. The van der Waals surface area contributed by atoms with E-state index in [0.29, 0.717) is 109 Å². The zero-order chi connectivity index (χ0) is 74.6. The lowest BCUT2D eigenvalue weighted by Crippen LogP contribution is -2.51. The van der Waals surface area contributed by atoms with Crippen LogP contribution in [-0.4, -0.2) is 55.5 Å². The first-order chi connectivity index (χ1) is 47.8. The van der Waals surface area contributed by atoms with Gasteiger partial charge in [0, 0.05) is 58.8 Å². The van der Waals surface area contributed by atoms with Crippen LogP contribution in [0.4, 0.5) is 49.1 Å². The van der Waals surface area contributed by atoms with E-state index in [-0.39, 0.29) is 35.2 Å². The van der Waals surface area contributed by atoms with Gasteiger partial charge in [0.2, 0.25) is 0 Å². The molecule has 101 heavy (non-hydrogen) atoms. The molecule has 0 aliphatic heterocycles. The van der Waals surface area contributed by atoms with Crippen LogP contribution < -0.4 is 68.8 Å². The Balaban J connectivity index is 0.000000215. The van der Waals surface area contributed by atoms with Crippen molar-refractivity contribution in [3.63, 3.8) is 0 Å². The highest BCUT2D eigenvalue weighted by molar-refractivity contribution is 6.40. The second-order valence-corrected chi connectivity index (χ2v) is 32.4. The third kappa shape index (κ3) is 29.3. The van der Waals surface area contributed by atoms with Crippen LogP contribution in [0.2, 0.25) is 20.1 Å². The standard InChI is InChI=1S/C15H27F3N2.C14H13F3N2.C13H26N2.C12H8Cl4N2.C8H15N.C6H14N2.C5H10.C4H8.C2H7N/c1-14(15(16,17)18,10-2-6-12(19)7-3-10)11-4-8-13(20)9-5-11;1-8-6-9(18)2-4-11(8)12-5-3-10(19)7-13(12)14(15,16)17;14-12-5-1-10(2-6-12)9-11-3-7-13(15)8-4-11;13-7-3-11(17)9(15)1-5(7)6-2-10(16)12(18)4-8(6)14;9-5-8-4-6-1-2-7(8)3-6;7-5-1-2-6(8)4-3-5;1-2-4-5-3-1;1-2-4-3-1;1-2-3/h10-13H,2-9,19-20H2,1H3;2-7H,18-19H2,1H3;10-13H,1-9,14-15H2;1-4H,17-18H2;6-8H,1-5,9H2;5-6H,1-4,7-8H2;1-5H2;1-4H2;2-3H2,1H3. The van der Waals surface area contributed by atoms with Crippen molar-refractivity contribution in [3.05, 3.63) is 91.9 Å². The Hall–Kier alpha value is -3.50. The summed E-state index contributed by atoms with van der Waals surface area (Å²) < 4.78 is 80.5. The molecule has 3 unspecified atom stereocenters. The fraction of sp³-hybridized carbons (Fsp3) is 0.696. The SMILES string of the molecule is C1CCC1.C1CCCC1.CC(C1CCC(N)CC1)(C1CCC(N)CC1)C(F)(F)F.CCN.Cc1cc(N)ccc1-c1ccc(N)cc1C(F)(F)F.NC1CCC(CC2CCC(N)CC2)CC1.NC1CCC(N)CC1.NCC1CC2CCC1C2.Nc1cc(Cl)c(-c2cc(Cl)c(N)cc2Cl)cc1Cl. The van der Waals surface area contributed by atoms with Gasteiger partial charge in [-0.3, -0.25) is 0 Å². The largest absolute Gasteiger partial charge is 0.417 e. The number of benzene rings is 4. The van der Waals surface area contributed by atoms with Gasteiger partial charge in [0.05, 0.1) is 42.4 Å². The smallest absolute Gasteiger partial charge is 0.399 e. The predicted molar refractivity (Wildman–Crippen MR) is 418 cm³/mol. The summed E-state index contributed by atoms with van der Waals surface area (Å²) in [5.41, 5.74) is 69.4. The summed E-state index contributed by atoms with van der Waals surface area (Å²) in [6, 6.07) is 17.1. The summed E-state index contributed by atoms with van der Waals surface area (Å²) in [4.78, 5) is 0. The lowest BCUT2D eigenvalue weighted by molar-refractivity contribution is -0.263. The predicted octanol–water partition coefficient (Wildman–Crippen LogP) is 20.1. The number of hydrogen-bond acceptors (Lipinski definition) is 12. The molecule has 3 atom stereocenters. The number of anilines is 4. The molecule has 9 fully saturated rings. The maximum Gasteiger partial charge on any atom is 0.417 e. The first-order valence-corrected chi connectivity index (χ1v) is 39.6. The van der Waals surface area contributed by atoms with Gasteiger partial charge in [-0.15, -0.1) is 0 Å². The summed E-state index contributed by atoms with van der Waals surface area (Å²) >= 11 is 24.2. The molecular weight excluding hydrogens is 1370 g/mol. The molecule has 574 valence electrons. The first-order valence-electron chi connectivity index (χ1n) is 38.1. The van der Waals surface area contributed by atoms with Crippen molar-refractivity contribution in [2.75, 3.05) is 36.0 Å². The number of nitrogen functional groups attached to an aromatic ring is 4. The van der Waals surface area contributed by atoms with Crippen molar-refractivity contribution in [1.29, 1.82) is 0 Å². The number of aryl methyl sites for hydroxylation is 1. The van der Waals surface area contributed by atoms with E-state index in [1.165, 1.54) is 160 Å². The fourth-order valence-electron chi connectivity index (χ4n) is 16.1. The molecule has 9 aliphatic rings. The lowest BCUT2D eigenvalue weighted by Gasteiger charge is -2.49. The van der Waals surface area contributed by atoms with E-state index in [1.54, 1.807) is 49.4 Å². The third-order valence-corrected chi connectivity index (χ3v) is 24.2. The Bertz CT molecular complexity index is 2870. The minimum Gasteiger partial charge on any atom is -0.399 e. The van der Waals surface area contributed by atoms with Gasteiger partial charge in [-0.2, -0.15) is 26.3 Å². The van der Waals surface area contributed by atoms with Gasteiger partial charge in [0.1, 0.15) is 0 Å². The van der Waals surface area contributed by atoms with Crippen LogP contribution in [0.1, 0.15) is 243 Å². The molecule has 12 nitrogen and oxygen atoms in total. The first kappa shape index (κ1) is 88.1. The third-order valence-electron chi connectivity index (χ3n) is 22.9. The molecule has 0 amide bonds. The van der Waals surface area contributed by atoms with E-state index in [2.05, 4.69) is 0 Å². The van der Waals surface area contributed by atoms with Crippen LogP contribution in [0.15, 0.2) is 60.7 Å². The minimum atomic E-state index is -4.45. The van der Waals surface area contributed by atoms with Gasteiger partial charge in [-0.05, 0) is 281 Å². The van der Waals surface area contributed by atoms with Gasteiger partial charge in [0.15, 0.2) is 0 Å². The van der Waals surface area contributed by atoms with Gasteiger partial charge < -0.3 is 68.8 Å². The van der Waals surface area contributed by atoms with E-state index in [9.17, 15) is 26.3 Å². The molecule has 13 rings (SSSR count). The van der Waals surface area contributed by atoms with Crippen LogP contribution in [0.3, 0.4) is 0 Å². The topological polar surface area (TPSA) is 312 Å². The Labute approximate surface area is 622 Å². The van der Waals surface area contributed by atoms with E-state index >= 15 is 0 Å². The van der Waals surface area contributed by atoms with Crippen molar-refractivity contribution in [1.82, 2.24) is 0 Å². The molecule has 9 aliphatic carbocycles. The molecule has 9 saturated carbocycles. The highest BCUT2D eigenvalue weighted by atomic mass is 35.5. The summed E-state index contributed by atoms with van der Waals surface area (Å²) in [5.74, 6) is 4.41. The second-order valence-electron chi connectivity index (χ2n) is 30.8. The molecule has 0 saturated heterocycles. The van der Waals surface area contributed by atoms with Crippen LogP contribution in [0.5, 0.6) is 0 Å². The fourth-order valence-corrected chi connectivity index (χ4v) is 16.9. The number of halogens is 10. The number of fused-ring (bicyclic) bond motifs is 2. The number of hydrogen-bond donors (Lipinski definition) is 12. The van der Waals surface area contributed by atoms with E-state index in [4.69, 9.17) is 115 Å². The van der Waals surface area contributed by atoms with Gasteiger partial charge in [0.25, 0.3) is 0 Å². The molecule has 24 N–H and O–H groups in total. The molecule has 4 aromatic carbocycles. The van der Waals surface area contributed by atoms with Crippen LogP contribution in [0, 0.1) is 53.8 Å². The number of alkyl halides is 6.